The van der Waals surface area contributed by atoms with E-state index in [0.717, 1.165) is 42.5 Å². The van der Waals surface area contributed by atoms with Crippen molar-refractivity contribution in [2.45, 2.75) is 63.4 Å². The van der Waals surface area contributed by atoms with Crippen LogP contribution < -0.4 is 14.9 Å². The lowest BCUT2D eigenvalue weighted by Gasteiger charge is -2.28. The number of hydrogen-bond donors (Lipinski definition) is 2. The van der Waals surface area contributed by atoms with Crippen molar-refractivity contribution < 1.29 is 18.0 Å². The van der Waals surface area contributed by atoms with Crippen molar-refractivity contribution in [3.05, 3.63) is 59.7 Å². The maximum absolute atomic E-state index is 12.9. The summed E-state index contributed by atoms with van der Waals surface area (Å²) in [7, 11) is -3.64. The number of sulfonamides is 1. The van der Waals surface area contributed by atoms with Crippen LogP contribution in [0.5, 0.6) is 0 Å². The summed E-state index contributed by atoms with van der Waals surface area (Å²) in [5, 5.41) is 3.02. The highest BCUT2D eigenvalue weighted by Gasteiger charge is 2.31. The minimum absolute atomic E-state index is 0.0144. The summed E-state index contributed by atoms with van der Waals surface area (Å²) < 4.78 is 28.6. The first kappa shape index (κ1) is 24.4. The van der Waals surface area contributed by atoms with Crippen molar-refractivity contribution in [2.24, 2.45) is 11.8 Å². The van der Waals surface area contributed by atoms with Gasteiger partial charge in [-0.3, -0.25) is 9.59 Å². The van der Waals surface area contributed by atoms with E-state index in [0.29, 0.717) is 19.5 Å². The van der Waals surface area contributed by atoms with Gasteiger partial charge in [-0.05, 0) is 74.3 Å². The lowest BCUT2D eigenvalue weighted by atomic mass is 9.81. The summed E-state index contributed by atoms with van der Waals surface area (Å²) in [5.74, 6) is 0.245. The number of carbonyl (C=O) groups is 2. The van der Waals surface area contributed by atoms with E-state index in [2.05, 4.69) is 10.0 Å². The zero-order valence-corrected chi connectivity index (χ0v) is 20.6. The van der Waals surface area contributed by atoms with E-state index in [1.807, 2.05) is 37.3 Å². The van der Waals surface area contributed by atoms with E-state index in [1.165, 1.54) is 6.92 Å². The Kier molecular flexibility index (Phi) is 7.38. The summed E-state index contributed by atoms with van der Waals surface area (Å²) in [4.78, 5) is 26.4. The molecule has 1 aliphatic carbocycles. The first-order valence-electron chi connectivity index (χ1n) is 12.0. The molecule has 34 heavy (non-hydrogen) atoms. The predicted molar refractivity (Wildman–Crippen MR) is 132 cm³/mol. The minimum atomic E-state index is -3.64. The van der Waals surface area contributed by atoms with Crippen LogP contribution in [0.25, 0.3) is 0 Å². The van der Waals surface area contributed by atoms with E-state index in [4.69, 9.17) is 0 Å². The number of rotatable bonds is 7. The van der Waals surface area contributed by atoms with Gasteiger partial charge in [0.15, 0.2) is 0 Å². The standard InChI is InChI=1S/C26H33N3O4S/c1-18-14-23-15-24(12-13-25(23)29(18)19(2)30)34(32,33)28-17-21-8-10-22(11-9-21)26(31)27-16-20-6-4-3-5-7-20/h3-7,12-13,15,18,21-22,28H,8-11,14,16-17H2,1-2H3,(H,27,31). The molecule has 1 heterocycles. The Morgan fingerprint density at radius 1 is 1.03 bits per heavy atom. The molecule has 2 N–H and O–H groups in total. The van der Waals surface area contributed by atoms with Gasteiger partial charge >= 0.3 is 0 Å². The molecule has 8 heteroatoms. The lowest BCUT2D eigenvalue weighted by molar-refractivity contribution is -0.126. The number of anilines is 1. The Balaban J connectivity index is 1.27. The summed E-state index contributed by atoms with van der Waals surface area (Å²) >= 11 is 0. The molecule has 7 nitrogen and oxygen atoms in total. The molecule has 1 fully saturated rings. The second kappa shape index (κ2) is 10.3. The molecule has 1 saturated carbocycles. The van der Waals surface area contributed by atoms with E-state index in [9.17, 15) is 18.0 Å². The Hall–Kier alpha value is -2.71. The van der Waals surface area contributed by atoms with Crippen LogP contribution in [0.15, 0.2) is 53.4 Å². The van der Waals surface area contributed by atoms with Crippen LogP contribution in [0.4, 0.5) is 5.69 Å². The molecule has 1 atom stereocenters. The average Bonchev–Trinajstić information content (AvgIpc) is 3.17. The van der Waals surface area contributed by atoms with Crippen LogP contribution >= 0.6 is 0 Å². The van der Waals surface area contributed by atoms with E-state index >= 15 is 0 Å². The molecule has 0 radical (unpaired) electrons. The number of benzene rings is 2. The molecule has 1 unspecified atom stereocenters. The Morgan fingerprint density at radius 2 is 1.74 bits per heavy atom. The number of hydrogen-bond acceptors (Lipinski definition) is 4. The quantitative estimate of drug-likeness (QED) is 0.631. The maximum Gasteiger partial charge on any atom is 0.240 e. The lowest BCUT2D eigenvalue weighted by Crippen LogP contribution is -2.36. The number of nitrogens with one attached hydrogen (secondary N) is 2. The average molecular weight is 484 g/mol. The van der Waals surface area contributed by atoms with Gasteiger partial charge in [0.25, 0.3) is 0 Å². The van der Waals surface area contributed by atoms with Crippen LogP contribution in [0.2, 0.25) is 0 Å². The van der Waals surface area contributed by atoms with Gasteiger partial charge in [0.05, 0.1) is 4.90 Å². The zero-order valence-electron chi connectivity index (χ0n) is 19.8. The fourth-order valence-corrected chi connectivity index (χ4v) is 6.29. The normalized spacial score (nSPS) is 22.3. The molecule has 2 aromatic rings. The summed E-state index contributed by atoms with van der Waals surface area (Å²) in [6.07, 6.45) is 3.83. The largest absolute Gasteiger partial charge is 0.352 e. The Labute approximate surface area is 202 Å². The second-order valence-electron chi connectivity index (χ2n) is 9.51. The van der Waals surface area contributed by atoms with Gasteiger partial charge in [0.2, 0.25) is 21.8 Å². The molecule has 2 aliphatic rings. The van der Waals surface area contributed by atoms with E-state index < -0.39 is 10.0 Å². The van der Waals surface area contributed by atoms with Crippen molar-refractivity contribution in [1.82, 2.24) is 10.0 Å². The molecule has 0 spiro atoms. The number of fused-ring (bicyclic) bond motifs is 1. The third-order valence-corrected chi connectivity index (χ3v) is 8.43. The van der Waals surface area contributed by atoms with E-state index in [1.54, 1.807) is 23.1 Å². The Morgan fingerprint density at radius 3 is 2.41 bits per heavy atom. The summed E-state index contributed by atoms with van der Waals surface area (Å²) in [6.45, 7) is 4.39. The first-order valence-corrected chi connectivity index (χ1v) is 13.5. The Bertz CT molecular complexity index is 1140. The first-order chi connectivity index (χ1) is 16.2. The zero-order chi connectivity index (χ0) is 24.3. The highest BCUT2D eigenvalue weighted by molar-refractivity contribution is 7.89. The summed E-state index contributed by atoms with van der Waals surface area (Å²) in [5.41, 5.74) is 2.75. The molecule has 1 aliphatic heterocycles. The molecule has 4 rings (SSSR count). The van der Waals surface area contributed by atoms with Crippen molar-refractivity contribution in [1.29, 1.82) is 0 Å². The van der Waals surface area contributed by atoms with Crippen molar-refractivity contribution in [3.63, 3.8) is 0 Å². The SMILES string of the molecule is CC(=O)N1c2ccc(S(=O)(=O)NCC3CCC(C(=O)NCc4ccccc4)CC3)cc2CC1C. The predicted octanol–water partition coefficient (Wildman–Crippen LogP) is 3.39. The maximum atomic E-state index is 12.9. The topological polar surface area (TPSA) is 95.6 Å². The van der Waals surface area contributed by atoms with Crippen LogP contribution in [0.3, 0.4) is 0 Å². The van der Waals surface area contributed by atoms with Gasteiger partial charge in [-0.1, -0.05) is 30.3 Å². The van der Waals surface area contributed by atoms with E-state index in [-0.39, 0.29) is 34.6 Å². The highest BCUT2D eigenvalue weighted by Crippen LogP contribution is 2.34. The van der Waals surface area contributed by atoms with Crippen molar-refractivity contribution in [2.75, 3.05) is 11.4 Å². The minimum Gasteiger partial charge on any atom is -0.352 e. The summed E-state index contributed by atoms with van der Waals surface area (Å²) in [6, 6.07) is 14.9. The number of amides is 2. The van der Waals surface area contributed by atoms with Gasteiger partial charge in [0, 0.05) is 37.7 Å². The van der Waals surface area contributed by atoms with Crippen LogP contribution in [0, 0.1) is 11.8 Å². The van der Waals surface area contributed by atoms with Gasteiger partial charge in [0.1, 0.15) is 0 Å². The van der Waals surface area contributed by atoms with Crippen molar-refractivity contribution in [3.8, 4) is 0 Å². The second-order valence-corrected chi connectivity index (χ2v) is 11.3. The van der Waals surface area contributed by atoms with Crippen LogP contribution in [-0.4, -0.2) is 32.8 Å². The molecule has 0 saturated heterocycles. The number of nitrogens with zero attached hydrogens (tertiary/aromatic N) is 1. The van der Waals surface area contributed by atoms with Crippen molar-refractivity contribution >= 4 is 27.5 Å². The fraction of sp³-hybridized carbons (Fsp3) is 0.462. The van der Waals surface area contributed by atoms with Crippen LogP contribution in [-0.2, 0) is 32.6 Å². The molecule has 182 valence electrons. The third-order valence-electron chi connectivity index (χ3n) is 7.01. The fourth-order valence-electron chi connectivity index (χ4n) is 5.12. The monoisotopic (exact) mass is 483 g/mol. The highest BCUT2D eigenvalue weighted by atomic mass is 32.2. The third kappa shape index (κ3) is 5.50. The number of carbonyl (C=O) groups excluding carboxylic acids is 2. The van der Waals surface area contributed by atoms with Crippen LogP contribution in [0.1, 0.15) is 50.7 Å². The van der Waals surface area contributed by atoms with Gasteiger partial charge in [-0.15, -0.1) is 0 Å². The molecule has 2 aromatic carbocycles. The molecule has 2 amide bonds. The van der Waals surface area contributed by atoms with Gasteiger partial charge in [-0.25, -0.2) is 13.1 Å². The smallest absolute Gasteiger partial charge is 0.240 e. The van der Waals surface area contributed by atoms with Gasteiger partial charge < -0.3 is 10.2 Å². The molecular weight excluding hydrogens is 450 g/mol. The molecule has 0 aromatic heterocycles. The van der Waals surface area contributed by atoms with Gasteiger partial charge in [-0.2, -0.15) is 0 Å². The molecule has 0 bridgehead atoms. The molecular formula is C26H33N3O4S.